The van der Waals surface area contributed by atoms with Crippen LogP contribution in [-0.4, -0.2) is 30.6 Å². The zero-order valence-electron chi connectivity index (χ0n) is 7.60. The summed E-state index contributed by atoms with van der Waals surface area (Å²) in [6, 6.07) is 0. The summed E-state index contributed by atoms with van der Waals surface area (Å²) in [5.41, 5.74) is 0. The number of nitrogens with zero attached hydrogens (tertiary/aromatic N) is 1. The van der Waals surface area contributed by atoms with Crippen LogP contribution in [0.3, 0.4) is 0 Å². The topological polar surface area (TPSA) is 29.5 Å². The number of carbonyl (C=O) groups is 1. The van der Waals surface area contributed by atoms with Crippen LogP contribution in [-0.2, 0) is 9.53 Å². The van der Waals surface area contributed by atoms with Gasteiger partial charge in [-0.3, -0.25) is 4.79 Å². The van der Waals surface area contributed by atoms with Gasteiger partial charge in [0.1, 0.15) is 6.54 Å². The fraction of sp³-hybridized carbons (Fsp3) is 0.444. The number of carbonyl (C=O) groups excluding carboxylic acids is 1. The predicted molar refractivity (Wildman–Crippen MR) is 56.8 cm³/mol. The van der Waals surface area contributed by atoms with Crippen LogP contribution in [0.4, 0.5) is 0 Å². The van der Waals surface area contributed by atoms with Gasteiger partial charge in [0.15, 0.2) is 0 Å². The van der Waals surface area contributed by atoms with Gasteiger partial charge in [-0.05, 0) is 19.2 Å². The van der Waals surface area contributed by atoms with E-state index in [1.54, 1.807) is 0 Å². The van der Waals surface area contributed by atoms with Gasteiger partial charge >= 0.3 is 5.97 Å². The molecule has 0 aliphatic carbocycles. The molecule has 4 heteroatoms. The first-order chi connectivity index (χ1) is 5.83. The van der Waals surface area contributed by atoms with Crippen molar-refractivity contribution in [1.29, 1.82) is 0 Å². The van der Waals surface area contributed by atoms with Crippen LogP contribution >= 0.6 is 17.0 Å². The zero-order chi connectivity index (χ0) is 8.81. The molecule has 0 fully saturated rings. The Morgan fingerprint density at radius 3 is 2.85 bits per heavy atom. The van der Waals surface area contributed by atoms with Crippen LogP contribution in [0, 0.1) is 0 Å². The van der Waals surface area contributed by atoms with Gasteiger partial charge in [0, 0.05) is 6.54 Å². The van der Waals surface area contributed by atoms with Crippen molar-refractivity contribution in [3.63, 3.8) is 0 Å². The number of rotatable bonds is 3. The Balaban J connectivity index is 0.00000144. The summed E-state index contributed by atoms with van der Waals surface area (Å²) in [6.45, 7) is 3.39. The van der Waals surface area contributed by atoms with E-state index in [4.69, 9.17) is 4.74 Å². The fourth-order valence-corrected chi connectivity index (χ4v) is 0.997. The number of hydrogen-bond donors (Lipinski definition) is 0. The van der Waals surface area contributed by atoms with Gasteiger partial charge in [0.2, 0.25) is 0 Å². The number of hydrogen-bond acceptors (Lipinski definition) is 3. The van der Waals surface area contributed by atoms with E-state index in [0.717, 1.165) is 6.54 Å². The third-order valence-corrected chi connectivity index (χ3v) is 1.52. The third-order valence-electron chi connectivity index (χ3n) is 1.52. The number of ether oxygens (including phenoxy) is 1. The summed E-state index contributed by atoms with van der Waals surface area (Å²) >= 11 is 0. The summed E-state index contributed by atoms with van der Waals surface area (Å²) in [6.07, 6.45) is 7.75. The fourth-order valence-electron chi connectivity index (χ4n) is 0.997. The molecule has 0 radical (unpaired) electrons. The Hall–Kier alpha value is -0.770. The molecule has 0 aromatic heterocycles. The molecule has 74 valence electrons. The maximum atomic E-state index is 11.0. The maximum Gasteiger partial charge on any atom is 0.325 e. The Labute approximate surface area is 88.8 Å². The smallest absolute Gasteiger partial charge is 0.325 e. The van der Waals surface area contributed by atoms with Gasteiger partial charge < -0.3 is 9.64 Å². The van der Waals surface area contributed by atoms with Gasteiger partial charge in [0.05, 0.1) is 6.61 Å². The van der Waals surface area contributed by atoms with Crippen molar-refractivity contribution >= 4 is 23.0 Å². The molecule has 3 nitrogen and oxygen atoms in total. The van der Waals surface area contributed by atoms with Crippen molar-refractivity contribution in [2.45, 2.75) is 6.92 Å². The summed E-state index contributed by atoms with van der Waals surface area (Å²) in [4.78, 5) is 12.9. The first-order valence-electron chi connectivity index (χ1n) is 4.06. The largest absolute Gasteiger partial charge is 0.465 e. The Bertz CT molecular complexity index is 214. The van der Waals surface area contributed by atoms with Gasteiger partial charge in [-0.25, -0.2) is 0 Å². The minimum absolute atomic E-state index is 0. The number of esters is 1. The molecule has 1 rings (SSSR count). The lowest BCUT2D eigenvalue weighted by Gasteiger charge is -2.18. The monoisotopic (exact) mass is 247 g/mol. The van der Waals surface area contributed by atoms with Gasteiger partial charge in [-0.2, -0.15) is 0 Å². The highest BCUT2D eigenvalue weighted by molar-refractivity contribution is 8.93. The Morgan fingerprint density at radius 1 is 1.54 bits per heavy atom. The molecule has 13 heavy (non-hydrogen) atoms. The number of halogens is 1. The van der Waals surface area contributed by atoms with Gasteiger partial charge in [-0.1, -0.05) is 12.2 Å². The van der Waals surface area contributed by atoms with Gasteiger partial charge in [0.25, 0.3) is 0 Å². The summed E-state index contributed by atoms with van der Waals surface area (Å²) < 4.78 is 4.81. The molecule has 0 bridgehead atoms. The maximum absolute atomic E-state index is 11.0. The quantitative estimate of drug-likeness (QED) is 0.709. The molecule has 0 saturated carbocycles. The van der Waals surface area contributed by atoms with Crippen molar-refractivity contribution in [2.24, 2.45) is 0 Å². The van der Waals surface area contributed by atoms with Crippen molar-refractivity contribution in [1.82, 2.24) is 4.90 Å². The molecular weight excluding hydrogens is 234 g/mol. The molecule has 0 atom stereocenters. The van der Waals surface area contributed by atoms with E-state index in [-0.39, 0.29) is 23.0 Å². The normalized spacial score (nSPS) is 13.8. The molecule has 0 N–H and O–H groups in total. The highest BCUT2D eigenvalue weighted by atomic mass is 79.9. The molecule has 0 saturated heterocycles. The van der Waals surface area contributed by atoms with E-state index in [1.807, 2.05) is 36.3 Å². The second-order valence-corrected chi connectivity index (χ2v) is 2.50. The Morgan fingerprint density at radius 2 is 2.31 bits per heavy atom. The highest BCUT2D eigenvalue weighted by Gasteiger charge is 2.06. The van der Waals surface area contributed by atoms with Crippen molar-refractivity contribution < 1.29 is 9.53 Å². The molecule has 0 amide bonds. The third kappa shape index (κ3) is 4.72. The van der Waals surface area contributed by atoms with Crippen LogP contribution in [0.2, 0.25) is 0 Å². The lowest BCUT2D eigenvalue weighted by molar-refractivity contribution is -0.143. The SMILES string of the molecule is Br.CCOC(=O)CN1C=CC=CC1. The number of allylic oxidation sites excluding steroid dienone is 2. The molecule has 0 spiro atoms. The van der Waals surface area contributed by atoms with Crippen LogP contribution in [0.25, 0.3) is 0 Å². The summed E-state index contributed by atoms with van der Waals surface area (Å²) in [5.74, 6) is -0.169. The predicted octanol–water partition coefficient (Wildman–Crippen LogP) is 1.51. The minimum Gasteiger partial charge on any atom is -0.465 e. The molecule has 0 unspecified atom stereocenters. The van der Waals surface area contributed by atoms with Crippen molar-refractivity contribution in [3.05, 3.63) is 24.4 Å². The molecule has 1 aliphatic heterocycles. The van der Waals surface area contributed by atoms with Crippen LogP contribution in [0.1, 0.15) is 6.92 Å². The van der Waals surface area contributed by atoms with Crippen LogP contribution in [0.15, 0.2) is 24.4 Å². The van der Waals surface area contributed by atoms with E-state index in [1.165, 1.54) is 0 Å². The second kappa shape index (κ2) is 6.71. The summed E-state index contributed by atoms with van der Waals surface area (Å²) in [7, 11) is 0. The molecule has 0 aromatic rings. The lowest BCUT2D eigenvalue weighted by Crippen LogP contribution is -2.27. The molecule has 1 aliphatic rings. The standard InChI is InChI=1S/C9H13NO2.BrH/c1-2-12-9(11)8-10-6-4-3-5-7-10;/h3-6H,2,7-8H2,1H3;1H. The van der Waals surface area contributed by atoms with Crippen LogP contribution < -0.4 is 0 Å². The Kier molecular flexibility index (Phi) is 6.32. The minimum atomic E-state index is -0.169. The van der Waals surface area contributed by atoms with Crippen LogP contribution in [0.5, 0.6) is 0 Å². The average molecular weight is 248 g/mol. The molecule has 0 aromatic carbocycles. The lowest BCUT2D eigenvalue weighted by atomic mass is 10.3. The summed E-state index contributed by atoms with van der Waals surface area (Å²) in [5, 5.41) is 0. The van der Waals surface area contributed by atoms with E-state index in [2.05, 4.69) is 0 Å². The molecular formula is C9H14BrNO2. The van der Waals surface area contributed by atoms with Crippen molar-refractivity contribution in [3.8, 4) is 0 Å². The first kappa shape index (κ1) is 12.2. The van der Waals surface area contributed by atoms with E-state index in [0.29, 0.717) is 13.2 Å². The highest BCUT2D eigenvalue weighted by Crippen LogP contribution is 1.97. The first-order valence-corrected chi connectivity index (χ1v) is 4.06. The van der Waals surface area contributed by atoms with E-state index >= 15 is 0 Å². The zero-order valence-corrected chi connectivity index (χ0v) is 9.32. The second-order valence-electron chi connectivity index (χ2n) is 2.50. The van der Waals surface area contributed by atoms with Gasteiger partial charge in [-0.15, -0.1) is 17.0 Å². The van der Waals surface area contributed by atoms with Crippen molar-refractivity contribution in [2.75, 3.05) is 19.7 Å². The average Bonchev–Trinajstić information content (AvgIpc) is 2.06. The molecule has 1 heterocycles. The van der Waals surface area contributed by atoms with E-state index < -0.39 is 0 Å². The van der Waals surface area contributed by atoms with E-state index in [9.17, 15) is 4.79 Å².